The van der Waals surface area contributed by atoms with E-state index in [1.165, 1.54) is 9.60 Å². The molecule has 2 aromatic carbocycles. The van der Waals surface area contributed by atoms with Gasteiger partial charge in [-0.05, 0) is 49.9 Å². The molecule has 0 amide bonds. The molecular formula is C22H25N3O2S2. The second kappa shape index (κ2) is 9.07. The van der Waals surface area contributed by atoms with Crippen LogP contribution in [0.4, 0.5) is 5.82 Å². The average Bonchev–Trinajstić information content (AvgIpc) is 3.27. The minimum Gasteiger partial charge on any atom is -0.494 e. The van der Waals surface area contributed by atoms with Gasteiger partial charge in [0.1, 0.15) is 17.3 Å². The topological polar surface area (TPSA) is 47.8 Å². The molecule has 0 radical (unpaired) electrons. The molecule has 1 N–H and O–H groups in total. The molecule has 0 unspecified atom stereocenters. The molecule has 0 atom stereocenters. The summed E-state index contributed by atoms with van der Waals surface area (Å²) in [6.07, 6.45) is 3.03. The lowest BCUT2D eigenvalue weighted by Crippen LogP contribution is -2.07. The number of anilines is 1. The predicted octanol–water partition coefficient (Wildman–Crippen LogP) is 5.79. The average molecular weight is 428 g/mol. The number of benzene rings is 2. The van der Waals surface area contributed by atoms with E-state index in [2.05, 4.69) is 52.4 Å². The van der Waals surface area contributed by atoms with Gasteiger partial charge in [0.15, 0.2) is 4.96 Å². The molecule has 2 aromatic heterocycles. The van der Waals surface area contributed by atoms with Gasteiger partial charge >= 0.3 is 0 Å². The van der Waals surface area contributed by atoms with E-state index in [0.717, 1.165) is 52.9 Å². The molecule has 0 saturated carbocycles. The minimum atomic E-state index is 0.663. The Bertz CT molecular complexity index is 1100. The number of fused-ring (bicyclic) bond motifs is 3. The van der Waals surface area contributed by atoms with Gasteiger partial charge in [0.2, 0.25) is 0 Å². The zero-order valence-corrected chi connectivity index (χ0v) is 18.5. The highest BCUT2D eigenvalue weighted by Gasteiger charge is 2.18. The van der Waals surface area contributed by atoms with E-state index in [-0.39, 0.29) is 0 Å². The molecule has 2 heterocycles. The second-order valence-electron chi connectivity index (χ2n) is 6.59. The van der Waals surface area contributed by atoms with Crippen molar-refractivity contribution in [1.29, 1.82) is 0 Å². The smallest absolute Gasteiger partial charge is 0.197 e. The number of thioether (sulfide) groups is 1. The molecule has 0 saturated heterocycles. The molecule has 0 aliphatic heterocycles. The van der Waals surface area contributed by atoms with Crippen LogP contribution < -0.4 is 10.1 Å². The molecule has 0 aliphatic carbocycles. The number of thiazole rings is 1. The van der Waals surface area contributed by atoms with Crippen LogP contribution in [0.15, 0.2) is 47.4 Å². The summed E-state index contributed by atoms with van der Waals surface area (Å²) in [5, 5.41) is 3.61. The Morgan fingerprint density at radius 1 is 1.17 bits per heavy atom. The summed E-state index contributed by atoms with van der Waals surface area (Å²) in [6.45, 7) is 4.22. The number of nitrogens with one attached hydrogen (secondary N) is 1. The fraction of sp³-hybridized carbons (Fsp3) is 0.318. The van der Waals surface area contributed by atoms with Crippen LogP contribution in [0.1, 0.15) is 13.3 Å². The van der Waals surface area contributed by atoms with Gasteiger partial charge in [-0.15, -0.1) is 11.8 Å². The molecular weight excluding hydrogens is 402 g/mol. The van der Waals surface area contributed by atoms with Gasteiger partial charge in [-0.25, -0.2) is 4.98 Å². The summed E-state index contributed by atoms with van der Waals surface area (Å²) in [5.41, 5.74) is 3.24. The first-order valence-electron chi connectivity index (χ1n) is 9.70. The lowest BCUT2D eigenvalue weighted by Gasteiger charge is -2.09. The molecule has 29 heavy (non-hydrogen) atoms. The summed E-state index contributed by atoms with van der Waals surface area (Å²) in [7, 11) is 1.73. The number of hydrogen-bond acceptors (Lipinski definition) is 6. The van der Waals surface area contributed by atoms with E-state index in [0.29, 0.717) is 6.61 Å². The van der Waals surface area contributed by atoms with Crippen LogP contribution in [0.2, 0.25) is 0 Å². The lowest BCUT2D eigenvalue weighted by atomic mass is 10.1. The van der Waals surface area contributed by atoms with E-state index in [4.69, 9.17) is 14.5 Å². The van der Waals surface area contributed by atoms with E-state index in [1.807, 2.05) is 13.0 Å². The minimum absolute atomic E-state index is 0.663. The maximum absolute atomic E-state index is 5.67. The molecule has 4 aromatic rings. The van der Waals surface area contributed by atoms with Gasteiger partial charge in [0.25, 0.3) is 0 Å². The highest BCUT2D eigenvalue weighted by atomic mass is 32.2. The van der Waals surface area contributed by atoms with Gasteiger partial charge < -0.3 is 14.8 Å². The van der Waals surface area contributed by atoms with Gasteiger partial charge in [-0.3, -0.25) is 4.40 Å². The largest absolute Gasteiger partial charge is 0.494 e. The Kier molecular flexibility index (Phi) is 6.28. The van der Waals surface area contributed by atoms with E-state index in [9.17, 15) is 0 Å². The van der Waals surface area contributed by atoms with Gasteiger partial charge in [0.05, 0.1) is 16.8 Å². The predicted molar refractivity (Wildman–Crippen MR) is 124 cm³/mol. The first-order valence-corrected chi connectivity index (χ1v) is 11.7. The number of rotatable bonds is 9. The van der Waals surface area contributed by atoms with Crippen molar-refractivity contribution in [2.24, 2.45) is 0 Å². The molecule has 4 rings (SSSR count). The van der Waals surface area contributed by atoms with E-state index < -0.39 is 0 Å². The van der Waals surface area contributed by atoms with Crippen LogP contribution in [0.25, 0.3) is 26.4 Å². The van der Waals surface area contributed by atoms with Crippen LogP contribution >= 0.6 is 23.1 Å². The number of imidazole rings is 1. The van der Waals surface area contributed by atoms with Crippen molar-refractivity contribution in [3.05, 3.63) is 42.5 Å². The normalized spacial score (nSPS) is 11.4. The summed E-state index contributed by atoms with van der Waals surface area (Å²) in [5.74, 6) is 1.93. The third-order valence-electron chi connectivity index (χ3n) is 4.71. The maximum Gasteiger partial charge on any atom is 0.197 e. The lowest BCUT2D eigenvalue weighted by molar-refractivity contribution is 0.198. The second-order valence-corrected chi connectivity index (χ2v) is 8.48. The number of hydrogen-bond donors (Lipinski definition) is 1. The standard InChI is InChI=1S/C22H25N3O2S2/c1-4-27-16-8-11-18-19(14-16)29-22-24-20(15-6-9-17(28-3)10-7-15)21(25(18)22)23-12-5-13-26-2/h6-11,14,23H,4-5,12-13H2,1-3H3. The summed E-state index contributed by atoms with van der Waals surface area (Å²) in [4.78, 5) is 7.22. The van der Waals surface area contributed by atoms with Crippen molar-refractivity contribution in [3.8, 4) is 17.0 Å². The summed E-state index contributed by atoms with van der Waals surface area (Å²) < 4.78 is 14.3. The SMILES string of the molecule is CCOc1ccc2c(c1)sc1nc(-c3ccc(SC)cc3)c(NCCCOC)n12. The molecule has 5 nitrogen and oxygen atoms in total. The van der Waals surface area contributed by atoms with Crippen LogP contribution in [0.5, 0.6) is 5.75 Å². The van der Waals surface area contributed by atoms with Crippen LogP contribution in [0.3, 0.4) is 0 Å². The monoisotopic (exact) mass is 427 g/mol. The van der Waals surface area contributed by atoms with E-state index in [1.54, 1.807) is 30.2 Å². The molecule has 0 aliphatic rings. The fourth-order valence-corrected chi connectivity index (χ4v) is 4.81. The first-order chi connectivity index (χ1) is 14.2. The Morgan fingerprint density at radius 3 is 2.72 bits per heavy atom. The highest BCUT2D eigenvalue weighted by molar-refractivity contribution is 7.98. The van der Waals surface area contributed by atoms with Gasteiger partial charge in [-0.2, -0.15) is 0 Å². The first kappa shape index (κ1) is 20.1. The van der Waals surface area contributed by atoms with Crippen molar-refractivity contribution in [2.75, 3.05) is 38.4 Å². The molecule has 7 heteroatoms. The van der Waals surface area contributed by atoms with Crippen LogP contribution in [-0.2, 0) is 4.74 Å². The Balaban J connectivity index is 1.80. The van der Waals surface area contributed by atoms with Crippen LogP contribution in [0, 0.1) is 0 Å². The number of methoxy groups -OCH3 is 1. The fourth-order valence-electron chi connectivity index (χ4n) is 3.34. The van der Waals surface area contributed by atoms with Crippen molar-refractivity contribution in [1.82, 2.24) is 9.38 Å². The molecule has 0 fully saturated rings. The molecule has 0 bridgehead atoms. The summed E-state index contributed by atoms with van der Waals surface area (Å²) in [6, 6.07) is 14.8. The van der Waals surface area contributed by atoms with E-state index >= 15 is 0 Å². The molecule has 0 spiro atoms. The third-order valence-corrected chi connectivity index (χ3v) is 6.46. The van der Waals surface area contributed by atoms with Crippen molar-refractivity contribution < 1.29 is 9.47 Å². The molecule has 152 valence electrons. The quantitative estimate of drug-likeness (QED) is 0.271. The third kappa shape index (κ3) is 4.08. The Morgan fingerprint density at radius 2 is 2.00 bits per heavy atom. The van der Waals surface area contributed by atoms with Crippen molar-refractivity contribution >= 4 is 44.1 Å². The van der Waals surface area contributed by atoms with Crippen LogP contribution in [-0.4, -0.2) is 42.5 Å². The zero-order chi connectivity index (χ0) is 20.2. The zero-order valence-electron chi connectivity index (χ0n) is 16.9. The van der Waals surface area contributed by atoms with Gasteiger partial charge in [0, 0.05) is 30.7 Å². The van der Waals surface area contributed by atoms with Crippen molar-refractivity contribution in [2.45, 2.75) is 18.2 Å². The Labute approximate surface area is 179 Å². The highest BCUT2D eigenvalue weighted by Crippen LogP contribution is 2.37. The number of nitrogens with zero attached hydrogens (tertiary/aromatic N) is 2. The Hall–Kier alpha value is -2.22. The van der Waals surface area contributed by atoms with Crippen molar-refractivity contribution in [3.63, 3.8) is 0 Å². The summed E-state index contributed by atoms with van der Waals surface area (Å²) >= 11 is 3.43. The number of ether oxygens (including phenoxy) is 2. The van der Waals surface area contributed by atoms with Gasteiger partial charge in [-0.1, -0.05) is 23.5 Å². The maximum atomic E-state index is 5.67. The number of aromatic nitrogens is 2.